The van der Waals surface area contributed by atoms with Crippen LogP contribution in [0.2, 0.25) is 0 Å². The third kappa shape index (κ3) is 5.20. The van der Waals surface area contributed by atoms with E-state index in [2.05, 4.69) is 10.6 Å². The topological polar surface area (TPSA) is 84.5 Å². The number of methoxy groups -OCH3 is 1. The summed E-state index contributed by atoms with van der Waals surface area (Å²) in [4.78, 5) is 33.3. The average Bonchev–Trinajstić information content (AvgIpc) is 2.42. The Morgan fingerprint density at radius 3 is 2.16 bits per heavy atom. The van der Waals surface area contributed by atoms with Gasteiger partial charge in [0.2, 0.25) is 0 Å². The Bertz CT molecular complexity index is 468. The minimum Gasteiger partial charge on any atom is -0.497 e. The largest absolute Gasteiger partial charge is 0.497 e. The molecule has 102 valence electrons. The molecule has 0 fully saturated rings. The highest BCUT2D eigenvalue weighted by molar-refractivity contribution is 6.35. The third-order valence-electron chi connectivity index (χ3n) is 2.32. The lowest BCUT2D eigenvalue weighted by atomic mass is 10.2. The van der Waals surface area contributed by atoms with Gasteiger partial charge in [-0.1, -0.05) is 12.1 Å². The third-order valence-corrected chi connectivity index (χ3v) is 2.32. The summed E-state index contributed by atoms with van der Waals surface area (Å²) in [5.74, 6) is -1.08. The summed E-state index contributed by atoms with van der Waals surface area (Å²) >= 11 is 0. The molecule has 1 rings (SSSR count). The lowest BCUT2D eigenvalue weighted by Gasteiger charge is -2.06. The van der Waals surface area contributed by atoms with Gasteiger partial charge in [0.25, 0.3) is 0 Å². The molecule has 1 aromatic rings. The van der Waals surface area contributed by atoms with E-state index in [1.54, 1.807) is 31.4 Å². The minimum absolute atomic E-state index is 0.144. The second-order valence-corrected chi connectivity index (χ2v) is 3.92. The van der Waals surface area contributed by atoms with Crippen LogP contribution in [-0.2, 0) is 20.9 Å². The molecule has 6 heteroatoms. The van der Waals surface area contributed by atoms with Crippen LogP contribution in [0, 0.1) is 0 Å². The molecule has 0 atom stereocenters. The second kappa shape index (κ2) is 7.15. The Balaban J connectivity index is 2.40. The Hall–Kier alpha value is -2.37. The summed E-state index contributed by atoms with van der Waals surface area (Å²) in [6, 6.07) is 7.09. The number of carbonyl (C=O) groups is 3. The molecule has 0 aliphatic heterocycles. The highest BCUT2D eigenvalue weighted by Crippen LogP contribution is 2.10. The van der Waals surface area contributed by atoms with Gasteiger partial charge in [-0.25, -0.2) is 0 Å². The fraction of sp³-hybridized carbons (Fsp3) is 0.308. The molecule has 0 saturated heterocycles. The van der Waals surface area contributed by atoms with Crippen molar-refractivity contribution in [3.05, 3.63) is 29.8 Å². The molecule has 2 N–H and O–H groups in total. The van der Waals surface area contributed by atoms with Crippen LogP contribution in [0.25, 0.3) is 0 Å². The molecule has 0 heterocycles. The zero-order valence-electron chi connectivity index (χ0n) is 10.9. The Kier molecular flexibility index (Phi) is 5.53. The first-order valence-electron chi connectivity index (χ1n) is 5.71. The lowest BCUT2D eigenvalue weighted by Crippen LogP contribution is -2.41. The average molecular weight is 264 g/mol. The molecule has 0 saturated carbocycles. The number of hydrogen-bond acceptors (Lipinski definition) is 4. The molecule has 1 aromatic carbocycles. The van der Waals surface area contributed by atoms with Gasteiger partial charge in [-0.2, -0.15) is 0 Å². The van der Waals surface area contributed by atoms with Gasteiger partial charge in [-0.05, 0) is 24.6 Å². The monoisotopic (exact) mass is 264 g/mol. The van der Waals surface area contributed by atoms with Crippen LogP contribution >= 0.6 is 0 Å². The molecule has 6 nitrogen and oxygen atoms in total. The van der Waals surface area contributed by atoms with E-state index < -0.39 is 11.8 Å². The number of Topliss-reactive ketones (excluding diaryl/α,β-unsaturated/α-hetero) is 1. The van der Waals surface area contributed by atoms with Crippen LogP contribution in [-0.4, -0.2) is 31.3 Å². The molecule has 0 aliphatic carbocycles. The Morgan fingerprint density at radius 1 is 1.05 bits per heavy atom. The predicted molar refractivity (Wildman–Crippen MR) is 68.5 cm³/mol. The van der Waals surface area contributed by atoms with E-state index in [0.29, 0.717) is 5.75 Å². The molecular weight excluding hydrogens is 248 g/mol. The van der Waals surface area contributed by atoms with Crippen LogP contribution in [0.1, 0.15) is 12.5 Å². The van der Waals surface area contributed by atoms with Crippen LogP contribution in [0.15, 0.2) is 24.3 Å². The number of benzene rings is 1. The SMILES string of the molecule is COc1ccc(CNC(=O)C(=O)NCC(C)=O)cc1. The number of carbonyl (C=O) groups excluding carboxylic acids is 3. The van der Waals surface area contributed by atoms with Crippen molar-refractivity contribution in [1.82, 2.24) is 10.6 Å². The zero-order chi connectivity index (χ0) is 14.3. The molecule has 0 bridgehead atoms. The van der Waals surface area contributed by atoms with Crippen molar-refractivity contribution in [2.75, 3.05) is 13.7 Å². The first-order valence-corrected chi connectivity index (χ1v) is 5.71. The van der Waals surface area contributed by atoms with Gasteiger partial charge < -0.3 is 15.4 Å². The van der Waals surface area contributed by atoms with Gasteiger partial charge in [-0.3, -0.25) is 14.4 Å². The molecule has 19 heavy (non-hydrogen) atoms. The maximum absolute atomic E-state index is 11.4. The summed E-state index contributed by atoms with van der Waals surface area (Å²) in [5.41, 5.74) is 0.841. The number of ether oxygens (including phenoxy) is 1. The summed E-state index contributed by atoms with van der Waals surface area (Å²) in [6.45, 7) is 1.42. The molecule has 0 radical (unpaired) electrons. The van der Waals surface area contributed by atoms with E-state index in [-0.39, 0.29) is 18.9 Å². The normalized spacial score (nSPS) is 9.58. The van der Waals surface area contributed by atoms with Crippen LogP contribution in [0.3, 0.4) is 0 Å². The number of nitrogens with one attached hydrogen (secondary N) is 2. The van der Waals surface area contributed by atoms with E-state index in [9.17, 15) is 14.4 Å². The smallest absolute Gasteiger partial charge is 0.309 e. The highest BCUT2D eigenvalue weighted by Gasteiger charge is 2.12. The molecular formula is C13H16N2O4. The maximum Gasteiger partial charge on any atom is 0.309 e. The first kappa shape index (κ1) is 14.7. The minimum atomic E-state index is -0.816. The summed E-state index contributed by atoms with van der Waals surface area (Å²) in [5, 5.41) is 4.67. The summed E-state index contributed by atoms with van der Waals surface area (Å²) in [6.07, 6.45) is 0. The Morgan fingerprint density at radius 2 is 1.63 bits per heavy atom. The van der Waals surface area contributed by atoms with Crippen molar-refractivity contribution in [2.24, 2.45) is 0 Å². The van der Waals surface area contributed by atoms with Gasteiger partial charge >= 0.3 is 11.8 Å². The summed E-state index contributed by atoms with van der Waals surface area (Å²) < 4.78 is 5.00. The number of ketones is 1. The number of hydrogen-bond donors (Lipinski definition) is 2. The Labute approximate surface area is 111 Å². The van der Waals surface area contributed by atoms with Crippen LogP contribution in [0.5, 0.6) is 5.75 Å². The van der Waals surface area contributed by atoms with E-state index in [4.69, 9.17) is 4.74 Å². The standard InChI is InChI=1S/C13H16N2O4/c1-9(16)7-14-12(17)13(18)15-8-10-3-5-11(19-2)6-4-10/h3-6H,7-8H2,1-2H3,(H,14,17)(H,15,18). The molecule has 0 aliphatic rings. The van der Waals surface area contributed by atoms with E-state index in [1.165, 1.54) is 6.92 Å². The second-order valence-electron chi connectivity index (χ2n) is 3.92. The first-order chi connectivity index (χ1) is 9.02. The van der Waals surface area contributed by atoms with Crippen LogP contribution in [0.4, 0.5) is 0 Å². The van der Waals surface area contributed by atoms with Crippen molar-refractivity contribution >= 4 is 17.6 Å². The van der Waals surface area contributed by atoms with E-state index in [0.717, 1.165) is 5.56 Å². The van der Waals surface area contributed by atoms with Crippen molar-refractivity contribution in [3.63, 3.8) is 0 Å². The number of amides is 2. The maximum atomic E-state index is 11.4. The van der Waals surface area contributed by atoms with Gasteiger partial charge in [0.05, 0.1) is 13.7 Å². The molecule has 0 unspecified atom stereocenters. The van der Waals surface area contributed by atoms with Crippen LogP contribution < -0.4 is 15.4 Å². The van der Waals surface area contributed by atoms with Crippen molar-refractivity contribution in [2.45, 2.75) is 13.5 Å². The predicted octanol–water partition coefficient (Wildman–Crippen LogP) is 0.0166. The van der Waals surface area contributed by atoms with E-state index in [1.807, 2.05) is 0 Å². The van der Waals surface area contributed by atoms with Gasteiger partial charge in [0.1, 0.15) is 11.5 Å². The number of rotatable bonds is 5. The fourth-order valence-corrected chi connectivity index (χ4v) is 1.29. The fourth-order valence-electron chi connectivity index (χ4n) is 1.29. The quantitative estimate of drug-likeness (QED) is 0.734. The molecule has 0 spiro atoms. The van der Waals surface area contributed by atoms with Crippen molar-refractivity contribution in [3.8, 4) is 5.75 Å². The lowest BCUT2D eigenvalue weighted by molar-refractivity contribution is -0.139. The van der Waals surface area contributed by atoms with Gasteiger partial charge in [0, 0.05) is 6.54 Å². The molecule has 0 aromatic heterocycles. The summed E-state index contributed by atoms with van der Waals surface area (Å²) in [7, 11) is 1.57. The van der Waals surface area contributed by atoms with E-state index >= 15 is 0 Å². The highest BCUT2D eigenvalue weighted by atomic mass is 16.5. The van der Waals surface area contributed by atoms with Crippen molar-refractivity contribution in [1.29, 1.82) is 0 Å². The van der Waals surface area contributed by atoms with Gasteiger partial charge in [0.15, 0.2) is 0 Å². The van der Waals surface area contributed by atoms with Gasteiger partial charge in [-0.15, -0.1) is 0 Å². The van der Waals surface area contributed by atoms with Crippen molar-refractivity contribution < 1.29 is 19.1 Å². The zero-order valence-corrected chi connectivity index (χ0v) is 10.9. The molecule has 2 amide bonds.